The van der Waals surface area contributed by atoms with E-state index in [2.05, 4.69) is 15.1 Å². The van der Waals surface area contributed by atoms with E-state index in [0.717, 1.165) is 11.3 Å². The molecule has 0 fully saturated rings. The highest BCUT2D eigenvalue weighted by atomic mass is 35.5. The average molecular weight is 481 g/mol. The van der Waals surface area contributed by atoms with Crippen LogP contribution in [0.25, 0.3) is 0 Å². The molecule has 11 heteroatoms. The number of thiazole rings is 1. The van der Waals surface area contributed by atoms with Crippen molar-refractivity contribution in [3.63, 3.8) is 0 Å². The smallest absolute Gasteiger partial charge is 0.328 e. The maximum absolute atomic E-state index is 13.5. The molecule has 3 rings (SSSR count). The summed E-state index contributed by atoms with van der Waals surface area (Å²) in [5.74, 6) is -1.35. The molecular formula is C21H22ClFN4O4S. The largest absolute Gasteiger partial charge is 0.464 e. The molecule has 0 aliphatic carbocycles. The molecule has 8 nitrogen and oxygen atoms in total. The molecule has 0 aliphatic rings. The maximum atomic E-state index is 13.5. The molecule has 0 unspecified atom stereocenters. The average Bonchev–Trinajstić information content (AvgIpc) is 3.36. The third-order valence-electron chi connectivity index (χ3n) is 4.40. The predicted octanol–water partition coefficient (Wildman–Crippen LogP) is 4.94. The fraction of sp³-hybridized carbons (Fsp3) is 0.381. The minimum Gasteiger partial charge on any atom is -0.464 e. The van der Waals surface area contributed by atoms with Crippen molar-refractivity contribution in [3.8, 4) is 0 Å². The van der Waals surface area contributed by atoms with E-state index in [9.17, 15) is 14.0 Å². The SMILES string of the molecule is CCOC(=O)[C@H](C)N(c1ccc(F)cc1)c1nc(Cl)c(C(=O)c2nc(C(C)(C)C)no2)s1. The molecule has 1 atom stereocenters. The van der Waals surface area contributed by atoms with Crippen LogP contribution in [-0.2, 0) is 14.9 Å². The molecule has 32 heavy (non-hydrogen) atoms. The van der Waals surface area contributed by atoms with Gasteiger partial charge in [0.15, 0.2) is 16.1 Å². The number of esters is 1. The van der Waals surface area contributed by atoms with Gasteiger partial charge in [-0.2, -0.15) is 4.98 Å². The lowest BCUT2D eigenvalue weighted by atomic mass is 9.96. The van der Waals surface area contributed by atoms with Gasteiger partial charge in [0.2, 0.25) is 0 Å². The van der Waals surface area contributed by atoms with E-state index in [1.807, 2.05) is 20.8 Å². The number of nitrogens with zero attached hydrogens (tertiary/aromatic N) is 4. The summed E-state index contributed by atoms with van der Waals surface area (Å²) in [6.07, 6.45) is 0. The normalized spacial score (nSPS) is 12.5. The summed E-state index contributed by atoms with van der Waals surface area (Å²) in [6, 6.07) is 4.69. The highest BCUT2D eigenvalue weighted by molar-refractivity contribution is 7.18. The molecule has 0 N–H and O–H groups in total. The Morgan fingerprint density at radius 2 is 1.91 bits per heavy atom. The Labute approximate surface area is 193 Å². The first kappa shape index (κ1) is 23.8. The standard InChI is InChI=1S/C21H22ClFN4O4S/c1-6-30-18(29)11(2)27(13-9-7-12(23)8-10-13)20-24-16(22)15(32-20)14(28)17-25-19(26-31-17)21(3,4)5/h7-11H,6H2,1-5H3/t11-/m0/s1. The molecular weight excluding hydrogens is 459 g/mol. The van der Waals surface area contributed by atoms with Crippen molar-refractivity contribution in [2.24, 2.45) is 0 Å². The van der Waals surface area contributed by atoms with Crippen LogP contribution in [0.15, 0.2) is 28.8 Å². The fourth-order valence-electron chi connectivity index (χ4n) is 2.72. The van der Waals surface area contributed by atoms with Crippen molar-refractivity contribution >= 4 is 45.5 Å². The Morgan fingerprint density at radius 3 is 2.47 bits per heavy atom. The van der Waals surface area contributed by atoms with Gasteiger partial charge in [-0.05, 0) is 38.1 Å². The van der Waals surface area contributed by atoms with E-state index in [4.69, 9.17) is 20.9 Å². The Hall–Kier alpha value is -2.85. The number of carbonyl (C=O) groups is 2. The number of benzene rings is 1. The van der Waals surface area contributed by atoms with Crippen LogP contribution in [0, 0.1) is 5.82 Å². The van der Waals surface area contributed by atoms with E-state index in [1.54, 1.807) is 13.8 Å². The van der Waals surface area contributed by atoms with Gasteiger partial charge >= 0.3 is 5.97 Å². The number of aromatic nitrogens is 3. The monoisotopic (exact) mass is 480 g/mol. The van der Waals surface area contributed by atoms with E-state index in [-0.39, 0.29) is 27.7 Å². The lowest BCUT2D eigenvalue weighted by Crippen LogP contribution is -2.36. The molecule has 2 aromatic heterocycles. The Balaban J connectivity index is 2.01. The van der Waals surface area contributed by atoms with Gasteiger partial charge in [0.1, 0.15) is 16.7 Å². The molecule has 0 saturated heterocycles. The topological polar surface area (TPSA) is 98.4 Å². The van der Waals surface area contributed by atoms with Crippen molar-refractivity contribution in [2.45, 2.75) is 46.1 Å². The minimum atomic E-state index is -0.818. The minimum absolute atomic E-state index is 0.0753. The second kappa shape index (κ2) is 9.33. The number of hydrogen-bond donors (Lipinski definition) is 0. The summed E-state index contributed by atoms with van der Waals surface area (Å²) in [4.78, 5) is 35.5. The Kier molecular flexibility index (Phi) is 6.94. The van der Waals surface area contributed by atoms with Gasteiger partial charge in [0, 0.05) is 11.1 Å². The first-order valence-electron chi connectivity index (χ1n) is 9.79. The molecule has 0 radical (unpaired) electrons. The van der Waals surface area contributed by atoms with Gasteiger partial charge in [-0.3, -0.25) is 4.79 Å². The van der Waals surface area contributed by atoms with Gasteiger partial charge in [-0.15, -0.1) is 0 Å². The van der Waals surface area contributed by atoms with Crippen LogP contribution in [0.4, 0.5) is 15.2 Å². The Morgan fingerprint density at radius 1 is 1.25 bits per heavy atom. The number of rotatable bonds is 7. The highest BCUT2D eigenvalue weighted by Crippen LogP contribution is 2.37. The zero-order chi connectivity index (χ0) is 23.6. The molecule has 0 aliphatic heterocycles. The summed E-state index contributed by atoms with van der Waals surface area (Å²) in [5.41, 5.74) is 0.0725. The molecule has 3 aromatic rings. The van der Waals surface area contributed by atoms with Crippen molar-refractivity contribution < 1.29 is 23.2 Å². The van der Waals surface area contributed by atoms with Crippen molar-refractivity contribution in [1.29, 1.82) is 0 Å². The lowest BCUT2D eigenvalue weighted by molar-refractivity contribution is -0.144. The van der Waals surface area contributed by atoms with E-state index in [1.165, 1.54) is 29.2 Å². The summed E-state index contributed by atoms with van der Waals surface area (Å²) in [7, 11) is 0. The van der Waals surface area contributed by atoms with Gasteiger partial charge in [0.25, 0.3) is 11.7 Å². The first-order chi connectivity index (χ1) is 15.0. The van der Waals surface area contributed by atoms with Gasteiger partial charge < -0.3 is 14.2 Å². The molecule has 2 heterocycles. The molecule has 170 valence electrons. The van der Waals surface area contributed by atoms with Crippen molar-refractivity contribution in [3.05, 3.63) is 51.8 Å². The number of ketones is 1. The zero-order valence-corrected chi connectivity index (χ0v) is 19.8. The molecule has 0 bridgehead atoms. The third kappa shape index (κ3) is 4.97. The summed E-state index contributed by atoms with van der Waals surface area (Å²) < 4.78 is 23.7. The van der Waals surface area contributed by atoms with Crippen LogP contribution in [0.1, 0.15) is 56.0 Å². The van der Waals surface area contributed by atoms with Crippen LogP contribution in [0.3, 0.4) is 0 Å². The lowest BCUT2D eigenvalue weighted by Gasteiger charge is -2.27. The second-order valence-electron chi connectivity index (χ2n) is 7.89. The van der Waals surface area contributed by atoms with Crippen LogP contribution < -0.4 is 4.90 Å². The van der Waals surface area contributed by atoms with Gasteiger partial charge in [0.05, 0.1) is 6.61 Å². The second-order valence-corrected chi connectivity index (χ2v) is 9.23. The van der Waals surface area contributed by atoms with Crippen molar-refractivity contribution in [2.75, 3.05) is 11.5 Å². The quantitative estimate of drug-likeness (QED) is 0.346. The molecule has 0 amide bonds. The number of hydrogen-bond acceptors (Lipinski definition) is 9. The third-order valence-corrected chi connectivity index (χ3v) is 5.84. The fourth-order valence-corrected chi connectivity index (χ4v) is 4.04. The highest BCUT2D eigenvalue weighted by Gasteiger charge is 2.31. The van der Waals surface area contributed by atoms with Crippen molar-refractivity contribution in [1.82, 2.24) is 15.1 Å². The number of halogens is 2. The Bertz CT molecular complexity index is 1120. The predicted molar refractivity (Wildman–Crippen MR) is 118 cm³/mol. The van der Waals surface area contributed by atoms with Crippen LogP contribution >= 0.6 is 22.9 Å². The van der Waals surface area contributed by atoms with E-state index >= 15 is 0 Å². The van der Waals surface area contributed by atoms with Gasteiger partial charge in [-0.25, -0.2) is 14.2 Å². The number of anilines is 2. The number of ether oxygens (including phenoxy) is 1. The molecule has 0 spiro atoms. The van der Waals surface area contributed by atoms with Crippen LogP contribution in [0.2, 0.25) is 5.15 Å². The van der Waals surface area contributed by atoms with Crippen LogP contribution in [0.5, 0.6) is 0 Å². The van der Waals surface area contributed by atoms with E-state index < -0.39 is 29.0 Å². The summed E-state index contributed by atoms with van der Waals surface area (Å²) >= 11 is 7.23. The molecule has 0 saturated carbocycles. The summed E-state index contributed by atoms with van der Waals surface area (Å²) in [6.45, 7) is 9.17. The first-order valence-corrected chi connectivity index (χ1v) is 11.0. The van der Waals surface area contributed by atoms with E-state index in [0.29, 0.717) is 11.5 Å². The maximum Gasteiger partial charge on any atom is 0.328 e. The van der Waals surface area contributed by atoms with Gasteiger partial charge in [-0.1, -0.05) is 48.9 Å². The zero-order valence-electron chi connectivity index (χ0n) is 18.2. The number of carbonyl (C=O) groups excluding carboxylic acids is 2. The van der Waals surface area contributed by atoms with Crippen LogP contribution in [-0.4, -0.2) is 39.5 Å². The summed E-state index contributed by atoms with van der Waals surface area (Å²) in [5, 5.41) is 4.04. The molecule has 1 aromatic carbocycles.